The number of piperazine rings is 1. The molecular weight excluding hydrogens is 263 g/mol. The van der Waals surface area contributed by atoms with Crippen LogP contribution in [0.1, 0.15) is 50.1 Å². The van der Waals surface area contributed by atoms with E-state index >= 15 is 0 Å². The number of hydrogen-bond acceptors (Lipinski definition) is 2. The molecule has 1 aromatic rings. The Balaban J connectivity index is 1.75. The molecule has 116 valence electrons. The summed E-state index contributed by atoms with van der Waals surface area (Å²) in [6.07, 6.45) is 7.25. The highest BCUT2D eigenvalue weighted by molar-refractivity contribution is 5.21. The van der Waals surface area contributed by atoms with Crippen molar-refractivity contribution in [1.29, 1.82) is 0 Å². The number of nitrogens with one attached hydrogen (secondary N) is 1. The van der Waals surface area contributed by atoms with Crippen LogP contribution in [0.25, 0.3) is 0 Å². The van der Waals surface area contributed by atoms with Gasteiger partial charge in [0.05, 0.1) is 6.67 Å². The molecule has 2 nitrogen and oxygen atoms in total. The van der Waals surface area contributed by atoms with Crippen molar-refractivity contribution in [2.24, 2.45) is 0 Å². The predicted molar refractivity (Wildman–Crippen MR) is 85.2 cm³/mol. The number of alkyl halides is 1. The number of halogens is 1. The summed E-state index contributed by atoms with van der Waals surface area (Å²) in [6.45, 7) is 2.74. The Hall–Kier alpha value is -0.930. The van der Waals surface area contributed by atoms with Crippen LogP contribution in [0, 0.1) is 0 Å². The molecule has 2 fully saturated rings. The van der Waals surface area contributed by atoms with Crippen LogP contribution < -0.4 is 5.32 Å². The van der Waals surface area contributed by atoms with Crippen molar-refractivity contribution >= 4 is 0 Å². The van der Waals surface area contributed by atoms with Crippen LogP contribution in [0.4, 0.5) is 4.39 Å². The maximum Gasteiger partial charge on any atom is 0.0906 e. The lowest BCUT2D eigenvalue weighted by Gasteiger charge is -2.50. The van der Waals surface area contributed by atoms with Crippen LogP contribution in [-0.4, -0.2) is 36.7 Å². The van der Waals surface area contributed by atoms with Gasteiger partial charge >= 0.3 is 0 Å². The zero-order chi connectivity index (χ0) is 14.5. The van der Waals surface area contributed by atoms with Crippen LogP contribution in [0.15, 0.2) is 30.3 Å². The Labute approximate surface area is 127 Å². The minimum Gasteiger partial charge on any atom is -0.308 e. The molecule has 1 heterocycles. The van der Waals surface area contributed by atoms with Gasteiger partial charge in [-0.2, -0.15) is 0 Å². The van der Waals surface area contributed by atoms with Crippen molar-refractivity contribution in [2.75, 3.05) is 26.3 Å². The molecule has 1 saturated heterocycles. The lowest BCUT2D eigenvalue weighted by molar-refractivity contribution is 0.0530. The molecular formula is C18H27FN2. The van der Waals surface area contributed by atoms with E-state index in [4.69, 9.17) is 0 Å². The quantitative estimate of drug-likeness (QED) is 0.909. The average molecular weight is 290 g/mol. The zero-order valence-corrected chi connectivity index (χ0v) is 12.9. The van der Waals surface area contributed by atoms with Crippen LogP contribution in [0.5, 0.6) is 0 Å². The minimum atomic E-state index is -0.210. The molecule has 1 atom stereocenters. The summed E-state index contributed by atoms with van der Waals surface area (Å²) in [7, 11) is 0. The second-order valence-corrected chi connectivity index (χ2v) is 6.66. The van der Waals surface area contributed by atoms with Gasteiger partial charge in [0.15, 0.2) is 0 Å². The van der Waals surface area contributed by atoms with E-state index in [9.17, 15) is 4.39 Å². The van der Waals surface area contributed by atoms with Gasteiger partial charge in [-0.3, -0.25) is 9.29 Å². The number of rotatable bonds is 4. The summed E-state index contributed by atoms with van der Waals surface area (Å²) in [5.41, 5.74) is 1.65. The molecule has 1 spiro atoms. The van der Waals surface area contributed by atoms with E-state index in [0.29, 0.717) is 18.0 Å². The van der Waals surface area contributed by atoms with Gasteiger partial charge in [-0.25, -0.2) is 0 Å². The Morgan fingerprint density at radius 1 is 1.14 bits per heavy atom. The third-order valence-electron chi connectivity index (χ3n) is 5.19. The molecule has 0 bridgehead atoms. The Morgan fingerprint density at radius 3 is 2.62 bits per heavy atom. The van der Waals surface area contributed by atoms with E-state index < -0.39 is 0 Å². The third kappa shape index (κ3) is 3.46. The highest BCUT2D eigenvalue weighted by atomic mass is 19.1. The maximum atomic E-state index is 12.7. The Bertz CT molecular complexity index is 428. The van der Waals surface area contributed by atoms with Gasteiger partial charge in [0.25, 0.3) is 0 Å². The van der Waals surface area contributed by atoms with E-state index in [1.54, 1.807) is 0 Å². The summed E-state index contributed by atoms with van der Waals surface area (Å²) in [4.78, 5) is 2.52. The van der Waals surface area contributed by atoms with Crippen molar-refractivity contribution in [3.63, 3.8) is 0 Å². The summed E-state index contributed by atoms with van der Waals surface area (Å²) in [5, 5.41) is 3.85. The zero-order valence-electron chi connectivity index (χ0n) is 12.9. The van der Waals surface area contributed by atoms with E-state index in [0.717, 1.165) is 19.6 Å². The highest BCUT2D eigenvalue weighted by Gasteiger charge is 2.39. The first kappa shape index (κ1) is 15.0. The maximum absolute atomic E-state index is 12.7. The molecule has 21 heavy (non-hydrogen) atoms. The largest absolute Gasteiger partial charge is 0.308 e. The van der Waals surface area contributed by atoms with E-state index in [2.05, 4.69) is 40.5 Å². The molecule has 1 aliphatic heterocycles. The first-order valence-corrected chi connectivity index (χ1v) is 8.43. The summed E-state index contributed by atoms with van der Waals surface area (Å²) in [5.74, 6) is 0. The van der Waals surface area contributed by atoms with E-state index in [1.807, 2.05) is 0 Å². The van der Waals surface area contributed by atoms with Crippen molar-refractivity contribution in [3.8, 4) is 0 Å². The minimum absolute atomic E-state index is 0.210. The Kier molecular flexibility index (Phi) is 4.91. The van der Waals surface area contributed by atoms with Crippen molar-refractivity contribution in [3.05, 3.63) is 35.9 Å². The van der Waals surface area contributed by atoms with Crippen LogP contribution in [-0.2, 0) is 0 Å². The first-order valence-electron chi connectivity index (χ1n) is 8.43. The van der Waals surface area contributed by atoms with Crippen LogP contribution in [0.2, 0.25) is 0 Å². The molecule has 1 unspecified atom stereocenters. The lowest BCUT2D eigenvalue weighted by atomic mass is 9.79. The molecule has 3 heteroatoms. The van der Waals surface area contributed by atoms with Gasteiger partial charge in [-0.05, 0) is 24.8 Å². The van der Waals surface area contributed by atoms with Gasteiger partial charge in [0.1, 0.15) is 0 Å². The summed E-state index contributed by atoms with van der Waals surface area (Å²) < 4.78 is 12.7. The third-order valence-corrected chi connectivity index (χ3v) is 5.19. The molecule has 1 aromatic carbocycles. The predicted octanol–water partition coefficient (Wildman–Crippen LogP) is 3.70. The van der Waals surface area contributed by atoms with Gasteiger partial charge in [-0.15, -0.1) is 0 Å². The van der Waals surface area contributed by atoms with Crippen molar-refractivity contribution < 1.29 is 4.39 Å². The molecule has 1 aliphatic carbocycles. The van der Waals surface area contributed by atoms with Crippen LogP contribution in [0.3, 0.4) is 0 Å². The monoisotopic (exact) mass is 290 g/mol. The first-order chi connectivity index (χ1) is 10.3. The van der Waals surface area contributed by atoms with Crippen LogP contribution >= 0.6 is 0 Å². The van der Waals surface area contributed by atoms with E-state index in [1.165, 1.54) is 37.7 Å². The molecule has 3 rings (SSSR count). The van der Waals surface area contributed by atoms with E-state index in [-0.39, 0.29) is 6.67 Å². The number of benzene rings is 1. The van der Waals surface area contributed by atoms with Gasteiger partial charge in [0, 0.05) is 31.2 Å². The molecule has 2 aliphatic rings. The highest BCUT2D eigenvalue weighted by Crippen LogP contribution is 2.35. The molecule has 0 aromatic heterocycles. The fourth-order valence-electron chi connectivity index (χ4n) is 4.06. The summed E-state index contributed by atoms with van der Waals surface area (Å²) in [6, 6.07) is 11.1. The summed E-state index contributed by atoms with van der Waals surface area (Å²) >= 11 is 0. The Morgan fingerprint density at radius 2 is 1.90 bits per heavy atom. The number of hydrogen-bond donors (Lipinski definition) is 1. The van der Waals surface area contributed by atoms with Gasteiger partial charge < -0.3 is 5.32 Å². The smallest absolute Gasteiger partial charge is 0.0906 e. The van der Waals surface area contributed by atoms with Crippen molar-refractivity contribution in [1.82, 2.24) is 10.2 Å². The molecule has 1 saturated carbocycles. The van der Waals surface area contributed by atoms with Gasteiger partial charge in [0.2, 0.25) is 0 Å². The van der Waals surface area contributed by atoms with Gasteiger partial charge in [-0.1, -0.05) is 49.6 Å². The van der Waals surface area contributed by atoms with Crippen molar-refractivity contribution in [2.45, 2.75) is 50.1 Å². The average Bonchev–Trinajstić information content (AvgIpc) is 2.55. The fourth-order valence-corrected chi connectivity index (χ4v) is 4.06. The normalized spacial score (nSPS) is 26.0. The fraction of sp³-hybridized carbons (Fsp3) is 0.667. The number of nitrogens with zero attached hydrogens (tertiary/aromatic N) is 1. The molecule has 0 radical (unpaired) electrons. The molecule has 1 N–H and O–H groups in total. The lowest BCUT2D eigenvalue weighted by Crippen LogP contribution is -2.62. The standard InChI is InChI=1S/C18H27FN2/c19-12-7-13-21-15-18(10-5-2-6-11-18)20-14-17(21)16-8-3-1-4-9-16/h1,3-4,8-9,17,20H,2,5-7,10-15H2. The second kappa shape index (κ2) is 6.89. The SMILES string of the molecule is FCCCN1CC2(CCCCC2)NCC1c1ccccc1. The molecule has 0 amide bonds. The topological polar surface area (TPSA) is 15.3 Å². The second-order valence-electron chi connectivity index (χ2n) is 6.66.